The number of hydrogen-bond donors (Lipinski definition) is 2. The molecule has 14 heavy (non-hydrogen) atoms. The van der Waals surface area contributed by atoms with Crippen LogP contribution in [0.5, 0.6) is 0 Å². The lowest BCUT2D eigenvalue weighted by atomic mass is 10.2. The molecule has 1 rings (SSSR count). The van der Waals surface area contributed by atoms with Crippen LogP contribution >= 0.6 is 11.3 Å². The van der Waals surface area contributed by atoms with Gasteiger partial charge in [0.25, 0.3) is 0 Å². The lowest BCUT2D eigenvalue weighted by molar-refractivity contribution is -0.119. The van der Waals surface area contributed by atoms with Gasteiger partial charge in [-0.3, -0.25) is 4.79 Å². The van der Waals surface area contributed by atoms with Crippen LogP contribution in [0, 0.1) is 5.92 Å². The van der Waals surface area contributed by atoms with Gasteiger partial charge in [0.15, 0.2) is 0 Å². The lowest BCUT2D eigenvalue weighted by Gasteiger charge is -2.07. The number of hydrogen-bond acceptors (Lipinski definition) is 5. The van der Waals surface area contributed by atoms with E-state index >= 15 is 0 Å². The summed E-state index contributed by atoms with van der Waals surface area (Å²) < 4.78 is 0. The number of carbonyl (C=O) groups excluding carboxylic acids is 1. The Morgan fingerprint density at radius 2 is 2.43 bits per heavy atom. The third kappa shape index (κ3) is 4.18. The maximum absolute atomic E-state index is 11.2. The van der Waals surface area contributed by atoms with E-state index in [1.54, 1.807) is 5.51 Å². The standard InChI is InChI=1S/C8H14N4OS/c1-6(2)3-9-7(13)4-10-8-12-11-5-14-8/h5-6H,3-4H2,1-2H3,(H,9,13)(H,10,12). The van der Waals surface area contributed by atoms with Crippen molar-refractivity contribution in [1.29, 1.82) is 0 Å². The van der Waals surface area contributed by atoms with E-state index < -0.39 is 0 Å². The Kier molecular flexibility index (Phi) is 4.31. The van der Waals surface area contributed by atoms with Crippen LogP contribution in [0.4, 0.5) is 5.13 Å². The van der Waals surface area contributed by atoms with E-state index in [9.17, 15) is 4.79 Å². The maximum atomic E-state index is 11.2. The van der Waals surface area contributed by atoms with Crippen LogP contribution in [-0.4, -0.2) is 29.2 Å². The second-order valence-corrected chi connectivity index (χ2v) is 4.13. The van der Waals surface area contributed by atoms with Gasteiger partial charge >= 0.3 is 0 Å². The number of nitrogens with zero attached hydrogens (tertiary/aromatic N) is 2. The van der Waals surface area contributed by atoms with Crippen molar-refractivity contribution < 1.29 is 4.79 Å². The molecule has 0 radical (unpaired) electrons. The van der Waals surface area contributed by atoms with Crippen molar-refractivity contribution in [1.82, 2.24) is 15.5 Å². The summed E-state index contributed by atoms with van der Waals surface area (Å²) in [5.74, 6) is 0.453. The topological polar surface area (TPSA) is 66.9 Å². The summed E-state index contributed by atoms with van der Waals surface area (Å²) in [6, 6.07) is 0. The van der Waals surface area contributed by atoms with Crippen molar-refractivity contribution in [2.24, 2.45) is 5.92 Å². The number of aromatic nitrogens is 2. The third-order valence-electron chi connectivity index (χ3n) is 1.47. The molecule has 78 valence electrons. The molecule has 5 nitrogen and oxygen atoms in total. The van der Waals surface area contributed by atoms with Crippen molar-refractivity contribution >= 4 is 22.4 Å². The van der Waals surface area contributed by atoms with Crippen LogP contribution in [0.15, 0.2) is 5.51 Å². The summed E-state index contributed by atoms with van der Waals surface area (Å²) in [7, 11) is 0. The Hall–Kier alpha value is -1.17. The predicted molar refractivity (Wildman–Crippen MR) is 56.2 cm³/mol. The van der Waals surface area contributed by atoms with E-state index in [4.69, 9.17) is 0 Å². The number of anilines is 1. The van der Waals surface area contributed by atoms with Gasteiger partial charge in [0, 0.05) is 6.54 Å². The monoisotopic (exact) mass is 214 g/mol. The van der Waals surface area contributed by atoms with E-state index in [2.05, 4.69) is 34.7 Å². The second-order valence-electron chi connectivity index (χ2n) is 3.30. The molecule has 0 atom stereocenters. The highest BCUT2D eigenvalue weighted by Gasteiger charge is 2.02. The van der Waals surface area contributed by atoms with Crippen LogP contribution in [-0.2, 0) is 4.79 Å². The highest BCUT2D eigenvalue weighted by Crippen LogP contribution is 2.06. The highest BCUT2D eigenvalue weighted by molar-refractivity contribution is 7.13. The summed E-state index contributed by atoms with van der Waals surface area (Å²) >= 11 is 1.38. The molecular weight excluding hydrogens is 200 g/mol. The Morgan fingerprint density at radius 3 is 3.00 bits per heavy atom. The Morgan fingerprint density at radius 1 is 1.64 bits per heavy atom. The molecule has 0 aliphatic heterocycles. The van der Waals surface area contributed by atoms with Crippen molar-refractivity contribution in [3.05, 3.63) is 5.51 Å². The first-order valence-electron chi connectivity index (χ1n) is 4.45. The molecule has 1 aromatic heterocycles. The largest absolute Gasteiger partial charge is 0.354 e. The fourth-order valence-electron chi connectivity index (χ4n) is 0.786. The first-order chi connectivity index (χ1) is 6.68. The van der Waals surface area contributed by atoms with Crippen LogP contribution in [0.3, 0.4) is 0 Å². The molecule has 0 saturated carbocycles. The number of nitrogens with one attached hydrogen (secondary N) is 2. The Balaban J connectivity index is 2.15. The van der Waals surface area contributed by atoms with Gasteiger partial charge in [0.1, 0.15) is 5.51 Å². The average molecular weight is 214 g/mol. The molecule has 6 heteroatoms. The van der Waals surface area contributed by atoms with Crippen LogP contribution in [0.25, 0.3) is 0 Å². The molecule has 2 N–H and O–H groups in total. The molecule has 0 spiro atoms. The molecule has 1 heterocycles. The molecule has 0 aromatic carbocycles. The van der Waals surface area contributed by atoms with Gasteiger partial charge in [-0.25, -0.2) is 0 Å². The SMILES string of the molecule is CC(C)CNC(=O)CNc1nncs1. The van der Waals surface area contributed by atoms with Crippen LogP contribution in [0.2, 0.25) is 0 Å². The van der Waals surface area contributed by atoms with Gasteiger partial charge in [-0.15, -0.1) is 10.2 Å². The summed E-state index contributed by atoms with van der Waals surface area (Å²) in [5.41, 5.74) is 1.62. The highest BCUT2D eigenvalue weighted by atomic mass is 32.1. The number of rotatable bonds is 5. The lowest BCUT2D eigenvalue weighted by Crippen LogP contribution is -2.32. The van der Waals surface area contributed by atoms with Gasteiger partial charge in [-0.05, 0) is 5.92 Å². The fourth-order valence-corrected chi connectivity index (χ4v) is 1.23. The smallest absolute Gasteiger partial charge is 0.239 e. The molecule has 0 unspecified atom stereocenters. The first kappa shape index (κ1) is 10.9. The van der Waals surface area contributed by atoms with E-state index in [1.165, 1.54) is 11.3 Å². The van der Waals surface area contributed by atoms with Crippen molar-refractivity contribution in [2.45, 2.75) is 13.8 Å². The van der Waals surface area contributed by atoms with Crippen molar-refractivity contribution in [2.75, 3.05) is 18.4 Å². The van der Waals surface area contributed by atoms with E-state index in [0.29, 0.717) is 17.6 Å². The minimum absolute atomic E-state index is 0.0195. The predicted octanol–water partition coefficient (Wildman–Crippen LogP) is 0.722. The van der Waals surface area contributed by atoms with Gasteiger partial charge in [-0.2, -0.15) is 0 Å². The first-order valence-corrected chi connectivity index (χ1v) is 5.33. The normalized spacial score (nSPS) is 10.2. The molecule has 0 bridgehead atoms. The van der Waals surface area contributed by atoms with Gasteiger partial charge in [-0.1, -0.05) is 25.2 Å². The summed E-state index contributed by atoms with van der Waals surface area (Å²) in [4.78, 5) is 11.2. The third-order valence-corrected chi connectivity index (χ3v) is 2.12. The molecule has 0 aliphatic carbocycles. The minimum atomic E-state index is -0.0195. The Labute approximate surface area is 86.9 Å². The van der Waals surface area contributed by atoms with E-state index in [-0.39, 0.29) is 12.5 Å². The molecule has 0 fully saturated rings. The second kappa shape index (κ2) is 5.54. The van der Waals surface area contributed by atoms with Crippen molar-refractivity contribution in [3.63, 3.8) is 0 Å². The zero-order valence-corrected chi connectivity index (χ0v) is 9.10. The summed E-state index contributed by atoms with van der Waals surface area (Å²) in [5, 5.41) is 13.8. The molecular formula is C8H14N4OS. The van der Waals surface area contributed by atoms with Crippen LogP contribution < -0.4 is 10.6 Å². The zero-order valence-electron chi connectivity index (χ0n) is 8.28. The van der Waals surface area contributed by atoms with Crippen molar-refractivity contribution in [3.8, 4) is 0 Å². The molecule has 0 aliphatic rings. The van der Waals surface area contributed by atoms with E-state index in [0.717, 1.165) is 0 Å². The number of amides is 1. The minimum Gasteiger partial charge on any atom is -0.354 e. The summed E-state index contributed by atoms with van der Waals surface area (Å²) in [6.45, 7) is 5.06. The van der Waals surface area contributed by atoms with Gasteiger partial charge in [0.2, 0.25) is 11.0 Å². The molecule has 1 aromatic rings. The average Bonchev–Trinajstić information content (AvgIpc) is 2.63. The van der Waals surface area contributed by atoms with Crippen LogP contribution in [0.1, 0.15) is 13.8 Å². The number of carbonyl (C=O) groups is 1. The van der Waals surface area contributed by atoms with Gasteiger partial charge < -0.3 is 10.6 Å². The molecule has 0 saturated heterocycles. The zero-order chi connectivity index (χ0) is 10.4. The summed E-state index contributed by atoms with van der Waals surface area (Å²) in [6.07, 6.45) is 0. The Bertz CT molecular complexity index is 273. The quantitative estimate of drug-likeness (QED) is 0.758. The molecule has 1 amide bonds. The van der Waals surface area contributed by atoms with Gasteiger partial charge in [0.05, 0.1) is 6.54 Å². The maximum Gasteiger partial charge on any atom is 0.239 e. The fraction of sp³-hybridized carbons (Fsp3) is 0.625. The van der Waals surface area contributed by atoms with E-state index in [1.807, 2.05) is 0 Å².